The van der Waals surface area contributed by atoms with Crippen molar-refractivity contribution in [2.45, 2.75) is 25.8 Å². The molecule has 0 fully saturated rings. The lowest BCUT2D eigenvalue weighted by molar-refractivity contribution is 0.524. The van der Waals surface area contributed by atoms with E-state index >= 15 is 0 Å². The van der Waals surface area contributed by atoms with Gasteiger partial charge in [-0.25, -0.2) is 9.37 Å². The highest BCUT2D eigenvalue weighted by Crippen LogP contribution is 2.22. The third-order valence-electron chi connectivity index (χ3n) is 4.89. The van der Waals surface area contributed by atoms with Crippen LogP contribution in [0, 0.1) is 5.82 Å². The van der Waals surface area contributed by atoms with Crippen molar-refractivity contribution in [3.05, 3.63) is 76.6 Å². The normalized spacial score (nSPS) is 13.4. The second-order valence-electron chi connectivity index (χ2n) is 6.70. The number of pyridine rings is 1. The predicted molar refractivity (Wildman–Crippen MR) is 103 cm³/mol. The zero-order valence-corrected chi connectivity index (χ0v) is 15.0. The van der Waals surface area contributed by atoms with Gasteiger partial charge in [0.2, 0.25) is 5.95 Å². The van der Waals surface area contributed by atoms with Gasteiger partial charge in [-0.2, -0.15) is 0 Å². The Hall–Kier alpha value is -3.02. The molecule has 5 nitrogen and oxygen atoms in total. The fourth-order valence-corrected chi connectivity index (χ4v) is 3.51. The van der Waals surface area contributed by atoms with Gasteiger partial charge >= 0.3 is 0 Å². The summed E-state index contributed by atoms with van der Waals surface area (Å²) in [6.07, 6.45) is 5.76. The Labute approximate surface area is 157 Å². The van der Waals surface area contributed by atoms with Crippen molar-refractivity contribution in [3.8, 4) is 11.3 Å². The van der Waals surface area contributed by atoms with Crippen molar-refractivity contribution >= 4 is 5.95 Å². The van der Waals surface area contributed by atoms with Gasteiger partial charge in [0.15, 0.2) is 0 Å². The number of hydrogen-bond donors (Lipinski definition) is 0. The third-order valence-corrected chi connectivity index (χ3v) is 4.89. The van der Waals surface area contributed by atoms with E-state index in [1.807, 2.05) is 24.3 Å². The average molecular weight is 364 g/mol. The molecule has 0 N–H and O–H groups in total. The van der Waals surface area contributed by atoms with Gasteiger partial charge in [0.05, 0.1) is 5.69 Å². The topological polar surface area (TPSA) is 51.0 Å². The number of benzene rings is 1. The molecule has 0 unspecified atom stereocenters. The molecule has 0 spiro atoms. The molecule has 2 aromatic heterocycles. The van der Waals surface area contributed by atoms with Crippen LogP contribution >= 0.6 is 0 Å². The molecule has 0 saturated carbocycles. The van der Waals surface area contributed by atoms with Crippen LogP contribution < -0.4 is 10.5 Å². The van der Waals surface area contributed by atoms with Crippen LogP contribution in [-0.2, 0) is 13.0 Å². The second-order valence-corrected chi connectivity index (χ2v) is 6.70. The van der Waals surface area contributed by atoms with Gasteiger partial charge in [0.1, 0.15) is 5.82 Å². The summed E-state index contributed by atoms with van der Waals surface area (Å²) >= 11 is 0. The fourth-order valence-electron chi connectivity index (χ4n) is 3.51. The van der Waals surface area contributed by atoms with Crippen LogP contribution in [0.1, 0.15) is 18.4 Å². The second kappa shape index (κ2) is 7.70. The maximum absolute atomic E-state index is 13.8. The molecule has 1 aromatic carbocycles. The summed E-state index contributed by atoms with van der Waals surface area (Å²) in [7, 11) is 0. The van der Waals surface area contributed by atoms with E-state index in [2.05, 4.69) is 9.88 Å². The van der Waals surface area contributed by atoms with Crippen molar-refractivity contribution in [3.63, 3.8) is 0 Å². The van der Waals surface area contributed by atoms with Crippen LogP contribution in [0.2, 0.25) is 0 Å². The maximum Gasteiger partial charge on any atom is 0.255 e. The average Bonchev–Trinajstić information content (AvgIpc) is 2.70. The largest absolute Gasteiger partial charge is 0.342 e. The monoisotopic (exact) mass is 364 g/mol. The van der Waals surface area contributed by atoms with E-state index in [1.54, 1.807) is 29.1 Å². The molecule has 0 saturated heterocycles. The number of hydrogen-bond acceptors (Lipinski definition) is 4. The smallest absolute Gasteiger partial charge is 0.255 e. The lowest BCUT2D eigenvalue weighted by atomic mass is 10.1. The molecule has 0 aliphatic carbocycles. The van der Waals surface area contributed by atoms with Gasteiger partial charge in [-0.15, -0.1) is 0 Å². The van der Waals surface area contributed by atoms with Gasteiger partial charge < -0.3 is 4.90 Å². The fraction of sp³-hybridized carbons (Fsp3) is 0.286. The van der Waals surface area contributed by atoms with Crippen molar-refractivity contribution < 1.29 is 4.39 Å². The molecule has 138 valence electrons. The zero-order chi connectivity index (χ0) is 18.6. The molecule has 27 heavy (non-hydrogen) atoms. The van der Waals surface area contributed by atoms with Crippen LogP contribution in [0.4, 0.5) is 10.3 Å². The highest BCUT2D eigenvalue weighted by Gasteiger charge is 2.20. The maximum atomic E-state index is 13.8. The summed E-state index contributed by atoms with van der Waals surface area (Å²) in [6, 6.07) is 12.2. The predicted octanol–water partition coefficient (Wildman–Crippen LogP) is 3.29. The molecule has 1 aliphatic rings. The summed E-state index contributed by atoms with van der Waals surface area (Å²) in [5, 5.41) is 0. The van der Waals surface area contributed by atoms with Crippen molar-refractivity contribution in [1.29, 1.82) is 0 Å². The van der Waals surface area contributed by atoms with Crippen LogP contribution in [0.25, 0.3) is 11.3 Å². The van der Waals surface area contributed by atoms with E-state index in [0.29, 0.717) is 24.6 Å². The molecule has 0 radical (unpaired) electrons. The third kappa shape index (κ3) is 3.74. The number of aromatic nitrogens is 3. The summed E-state index contributed by atoms with van der Waals surface area (Å²) in [6.45, 7) is 2.27. The molecular formula is C21H21FN4O. The lowest BCUT2D eigenvalue weighted by Gasteiger charge is -2.31. The first-order valence-corrected chi connectivity index (χ1v) is 9.23. The SMILES string of the molecule is O=c1cc(-c2ccncc2)nc2n1CCCN2CCCc1ccccc1F. The molecule has 6 heteroatoms. The summed E-state index contributed by atoms with van der Waals surface area (Å²) in [5.74, 6) is 0.542. The van der Waals surface area contributed by atoms with Crippen molar-refractivity contribution in [2.75, 3.05) is 18.0 Å². The van der Waals surface area contributed by atoms with E-state index in [9.17, 15) is 9.18 Å². The highest BCUT2D eigenvalue weighted by atomic mass is 19.1. The van der Waals surface area contributed by atoms with Gasteiger partial charge in [-0.3, -0.25) is 14.3 Å². The number of halogens is 1. The molecular weight excluding hydrogens is 343 g/mol. The van der Waals surface area contributed by atoms with Gasteiger partial charge in [0.25, 0.3) is 5.56 Å². The minimum absolute atomic E-state index is 0.0365. The first-order chi connectivity index (χ1) is 13.2. The number of anilines is 1. The van der Waals surface area contributed by atoms with E-state index in [4.69, 9.17) is 4.98 Å². The lowest BCUT2D eigenvalue weighted by Crippen LogP contribution is -2.39. The molecule has 0 bridgehead atoms. The quantitative estimate of drug-likeness (QED) is 0.697. The molecule has 0 atom stereocenters. The summed E-state index contributed by atoms with van der Waals surface area (Å²) in [5.41, 5.74) is 2.23. The molecule has 3 heterocycles. The standard InChI is InChI=1S/C21H21FN4O/c22-18-7-2-1-5-16(18)6-3-12-25-13-4-14-26-20(27)15-19(24-21(25)26)17-8-10-23-11-9-17/h1-2,5,7-11,15H,3-4,6,12-14H2. The zero-order valence-electron chi connectivity index (χ0n) is 15.0. The number of nitrogens with zero attached hydrogens (tertiary/aromatic N) is 4. The van der Waals surface area contributed by atoms with Crippen LogP contribution in [0.3, 0.4) is 0 Å². The van der Waals surface area contributed by atoms with E-state index in [-0.39, 0.29) is 11.4 Å². The Morgan fingerprint density at radius 1 is 1.07 bits per heavy atom. The first-order valence-electron chi connectivity index (χ1n) is 9.23. The van der Waals surface area contributed by atoms with Crippen LogP contribution in [0.5, 0.6) is 0 Å². The molecule has 1 aliphatic heterocycles. The number of aryl methyl sites for hydroxylation is 1. The molecule has 4 rings (SSSR count). The van der Waals surface area contributed by atoms with Crippen LogP contribution in [-0.4, -0.2) is 27.6 Å². The minimum atomic E-state index is -0.161. The summed E-state index contributed by atoms with van der Waals surface area (Å²) in [4.78, 5) is 23.5. The van der Waals surface area contributed by atoms with Crippen molar-refractivity contribution in [1.82, 2.24) is 14.5 Å². The van der Waals surface area contributed by atoms with Crippen molar-refractivity contribution in [2.24, 2.45) is 0 Å². The first kappa shape index (κ1) is 17.4. The Morgan fingerprint density at radius 2 is 1.89 bits per heavy atom. The van der Waals surface area contributed by atoms with Gasteiger partial charge in [-0.05, 0) is 43.0 Å². The Bertz CT molecular complexity index is 987. The highest BCUT2D eigenvalue weighted by molar-refractivity contribution is 5.59. The van der Waals surface area contributed by atoms with Crippen LogP contribution in [0.15, 0.2) is 59.7 Å². The van der Waals surface area contributed by atoms with E-state index in [0.717, 1.165) is 37.1 Å². The van der Waals surface area contributed by atoms with Gasteiger partial charge in [0, 0.05) is 43.7 Å². The Kier molecular flexibility index (Phi) is 4.96. The van der Waals surface area contributed by atoms with Gasteiger partial charge in [-0.1, -0.05) is 18.2 Å². The molecule has 3 aromatic rings. The minimum Gasteiger partial charge on any atom is -0.342 e. The number of rotatable bonds is 5. The Balaban J connectivity index is 1.56. The van der Waals surface area contributed by atoms with E-state index < -0.39 is 0 Å². The molecule has 0 amide bonds. The number of fused-ring (bicyclic) bond motifs is 1. The van der Waals surface area contributed by atoms with E-state index in [1.165, 1.54) is 6.07 Å². The summed E-state index contributed by atoms with van der Waals surface area (Å²) < 4.78 is 15.5. The Morgan fingerprint density at radius 3 is 2.70 bits per heavy atom.